The molecule has 0 aromatic heterocycles. The Labute approximate surface area is 115 Å². The van der Waals surface area contributed by atoms with Crippen LogP contribution in [0.2, 0.25) is 0 Å². The molecule has 0 aliphatic carbocycles. The number of ether oxygens (including phenoxy) is 1. The van der Waals surface area contributed by atoms with E-state index in [0.717, 1.165) is 25.1 Å². The first-order valence-corrected chi connectivity index (χ1v) is 6.35. The van der Waals surface area contributed by atoms with Gasteiger partial charge in [-0.1, -0.05) is 6.07 Å². The van der Waals surface area contributed by atoms with Crippen LogP contribution in [0.15, 0.2) is 18.2 Å². The van der Waals surface area contributed by atoms with E-state index in [1.54, 1.807) is 0 Å². The maximum absolute atomic E-state index is 13.4. The van der Waals surface area contributed by atoms with E-state index in [9.17, 15) is 18.4 Å². The highest BCUT2D eigenvalue weighted by Crippen LogP contribution is 2.33. The number of ketones is 1. The molecule has 20 heavy (non-hydrogen) atoms. The SMILES string of the molecule is O=COCC(=O)C1(c2ccc(F)c(F)c2)CCCNC1. The molecule has 4 nitrogen and oxygen atoms in total. The van der Waals surface area contributed by atoms with Crippen LogP contribution in [0.5, 0.6) is 0 Å². The molecular weight excluding hydrogens is 268 g/mol. The summed E-state index contributed by atoms with van der Waals surface area (Å²) in [6, 6.07) is 3.46. The van der Waals surface area contributed by atoms with Crippen LogP contribution in [0.4, 0.5) is 8.78 Å². The molecule has 2 rings (SSSR count). The number of carbonyl (C=O) groups is 2. The van der Waals surface area contributed by atoms with Crippen LogP contribution in [0, 0.1) is 11.6 Å². The minimum Gasteiger partial charge on any atom is -0.460 e. The monoisotopic (exact) mass is 283 g/mol. The molecule has 0 spiro atoms. The highest BCUT2D eigenvalue weighted by atomic mass is 19.2. The molecule has 0 amide bonds. The molecule has 6 heteroatoms. The summed E-state index contributed by atoms with van der Waals surface area (Å²) in [6.07, 6.45) is 1.23. The second-order valence-electron chi connectivity index (χ2n) is 4.82. The Morgan fingerprint density at radius 2 is 2.20 bits per heavy atom. The summed E-state index contributed by atoms with van der Waals surface area (Å²) in [4.78, 5) is 22.6. The Bertz CT molecular complexity index is 513. The Balaban J connectivity index is 2.37. The van der Waals surface area contributed by atoms with Crippen molar-refractivity contribution in [2.24, 2.45) is 0 Å². The molecule has 1 N–H and O–H groups in total. The van der Waals surface area contributed by atoms with Gasteiger partial charge in [-0.2, -0.15) is 0 Å². The first kappa shape index (κ1) is 14.6. The smallest absolute Gasteiger partial charge is 0.293 e. The normalized spacial score (nSPS) is 22.3. The van der Waals surface area contributed by atoms with Gasteiger partial charge in [0.2, 0.25) is 0 Å². The average Bonchev–Trinajstić information content (AvgIpc) is 2.48. The number of carbonyl (C=O) groups excluding carboxylic acids is 2. The molecule has 1 aliphatic rings. The van der Waals surface area contributed by atoms with Gasteiger partial charge in [-0.15, -0.1) is 0 Å². The van der Waals surface area contributed by atoms with Crippen LogP contribution in [0.3, 0.4) is 0 Å². The summed E-state index contributed by atoms with van der Waals surface area (Å²) < 4.78 is 31.0. The summed E-state index contributed by atoms with van der Waals surface area (Å²) >= 11 is 0. The van der Waals surface area contributed by atoms with Crippen molar-refractivity contribution in [3.05, 3.63) is 35.4 Å². The van der Waals surface area contributed by atoms with Crippen molar-refractivity contribution in [3.8, 4) is 0 Å². The van der Waals surface area contributed by atoms with Crippen molar-refractivity contribution in [2.75, 3.05) is 19.7 Å². The van der Waals surface area contributed by atoms with E-state index in [0.29, 0.717) is 18.5 Å². The number of benzene rings is 1. The summed E-state index contributed by atoms with van der Waals surface area (Å²) in [5.74, 6) is -2.26. The molecule has 1 fully saturated rings. The molecule has 1 atom stereocenters. The van der Waals surface area contributed by atoms with Crippen LogP contribution in [-0.2, 0) is 19.7 Å². The van der Waals surface area contributed by atoms with Crippen molar-refractivity contribution in [1.82, 2.24) is 5.32 Å². The number of Topliss-reactive ketones (excluding diaryl/α,β-unsaturated/α-hetero) is 1. The van der Waals surface area contributed by atoms with E-state index in [-0.39, 0.29) is 18.9 Å². The minimum atomic E-state index is -0.989. The molecule has 1 aromatic rings. The number of rotatable bonds is 5. The predicted molar refractivity (Wildman–Crippen MR) is 67.2 cm³/mol. The molecular formula is C14H15F2NO3. The van der Waals surface area contributed by atoms with Gasteiger partial charge in [-0.3, -0.25) is 9.59 Å². The van der Waals surface area contributed by atoms with Crippen molar-refractivity contribution in [3.63, 3.8) is 0 Å². The van der Waals surface area contributed by atoms with Gasteiger partial charge in [0.25, 0.3) is 6.47 Å². The quantitative estimate of drug-likeness (QED) is 0.828. The van der Waals surface area contributed by atoms with E-state index in [1.807, 2.05) is 0 Å². The molecule has 1 unspecified atom stereocenters. The van der Waals surface area contributed by atoms with Gasteiger partial charge in [0, 0.05) is 6.54 Å². The molecule has 1 aliphatic heterocycles. The van der Waals surface area contributed by atoms with Crippen LogP contribution in [0.25, 0.3) is 0 Å². The van der Waals surface area contributed by atoms with Crippen molar-refractivity contribution in [1.29, 1.82) is 0 Å². The Morgan fingerprint density at radius 1 is 1.40 bits per heavy atom. The topological polar surface area (TPSA) is 55.4 Å². The standard InChI is InChI=1S/C14H15F2NO3/c15-11-3-2-10(6-12(11)16)14(4-1-5-17-8-14)13(19)7-20-9-18/h2-3,6,9,17H,1,4-5,7-8H2. The van der Waals surface area contributed by atoms with Crippen LogP contribution >= 0.6 is 0 Å². The van der Waals surface area contributed by atoms with E-state index >= 15 is 0 Å². The first-order valence-electron chi connectivity index (χ1n) is 6.35. The van der Waals surface area contributed by atoms with Crippen molar-refractivity contribution < 1.29 is 23.1 Å². The maximum atomic E-state index is 13.4. The third-order valence-corrected chi connectivity index (χ3v) is 3.67. The van der Waals surface area contributed by atoms with Crippen molar-refractivity contribution in [2.45, 2.75) is 18.3 Å². The molecule has 0 saturated carbocycles. The van der Waals surface area contributed by atoms with Gasteiger partial charge in [0.05, 0.1) is 5.41 Å². The second-order valence-corrected chi connectivity index (χ2v) is 4.82. The molecule has 0 bridgehead atoms. The van der Waals surface area contributed by atoms with Gasteiger partial charge in [0.1, 0.15) is 0 Å². The lowest BCUT2D eigenvalue weighted by Gasteiger charge is -2.36. The number of halogens is 2. The Morgan fingerprint density at radius 3 is 2.80 bits per heavy atom. The Hall–Kier alpha value is -1.82. The van der Waals surface area contributed by atoms with Crippen LogP contribution < -0.4 is 5.32 Å². The zero-order chi connectivity index (χ0) is 14.6. The molecule has 0 radical (unpaired) electrons. The van der Waals surface area contributed by atoms with Gasteiger partial charge in [-0.25, -0.2) is 8.78 Å². The number of piperidine rings is 1. The summed E-state index contributed by atoms with van der Waals surface area (Å²) in [5, 5.41) is 3.08. The third-order valence-electron chi connectivity index (χ3n) is 3.67. The molecule has 1 aromatic carbocycles. The van der Waals surface area contributed by atoms with Crippen LogP contribution in [-0.4, -0.2) is 32.0 Å². The minimum absolute atomic E-state index is 0.201. The van der Waals surface area contributed by atoms with Crippen molar-refractivity contribution >= 4 is 12.3 Å². The fourth-order valence-corrected chi connectivity index (χ4v) is 2.59. The Kier molecular flexibility index (Phi) is 4.44. The van der Waals surface area contributed by atoms with Gasteiger partial charge in [-0.05, 0) is 37.1 Å². The largest absolute Gasteiger partial charge is 0.460 e. The third kappa shape index (κ3) is 2.70. The number of hydrogen-bond acceptors (Lipinski definition) is 4. The van der Waals surface area contributed by atoms with Gasteiger partial charge >= 0.3 is 0 Å². The van der Waals surface area contributed by atoms with E-state index < -0.39 is 17.0 Å². The fourth-order valence-electron chi connectivity index (χ4n) is 2.59. The van der Waals surface area contributed by atoms with Gasteiger partial charge in [0.15, 0.2) is 24.0 Å². The van der Waals surface area contributed by atoms with E-state index in [4.69, 9.17) is 0 Å². The number of hydrogen-bond donors (Lipinski definition) is 1. The average molecular weight is 283 g/mol. The molecule has 1 heterocycles. The highest BCUT2D eigenvalue weighted by Gasteiger charge is 2.41. The highest BCUT2D eigenvalue weighted by molar-refractivity contribution is 5.92. The van der Waals surface area contributed by atoms with Crippen LogP contribution in [0.1, 0.15) is 18.4 Å². The van der Waals surface area contributed by atoms with E-state index in [1.165, 1.54) is 6.07 Å². The number of nitrogens with one attached hydrogen (secondary N) is 1. The fraction of sp³-hybridized carbons (Fsp3) is 0.429. The lowest BCUT2D eigenvalue weighted by Crippen LogP contribution is -2.50. The zero-order valence-electron chi connectivity index (χ0n) is 10.8. The first-order chi connectivity index (χ1) is 9.60. The summed E-state index contributed by atoms with van der Waals surface area (Å²) in [5.41, 5.74) is -0.571. The summed E-state index contributed by atoms with van der Waals surface area (Å²) in [6.45, 7) is 0.906. The van der Waals surface area contributed by atoms with Gasteiger partial charge < -0.3 is 10.1 Å². The lowest BCUT2D eigenvalue weighted by molar-refractivity contribution is -0.139. The summed E-state index contributed by atoms with van der Waals surface area (Å²) in [7, 11) is 0. The van der Waals surface area contributed by atoms with E-state index in [2.05, 4.69) is 10.1 Å². The molecule has 108 valence electrons. The zero-order valence-corrected chi connectivity index (χ0v) is 10.8. The lowest BCUT2D eigenvalue weighted by atomic mass is 9.71. The predicted octanol–water partition coefficient (Wildman–Crippen LogP) is 1.33. The maximum Gasteiger partial charge on any atom is 0.293 e. The molecule has 1 saturated heterocycles. The second kappa shape index (κ2) is 6.09.